The molecule has 8 heteroatoms. The number of hydrogen-bond donors (Lipinski definition) is 5. The second kappa shape index (κ2) is 5.19. The minimum absolute atomic E-state index is 0.995. The molecule has 0 fully saturated rings. The van der Waals surface area contributed by atoms with Crippen molar-refractivity contribution in [3.8, 4) is 0 Å². The second-order valence-corrected chi connectivity index (χ2v) is 2.09. The first kappa shape index (κ1) is 12.1. The zero-order chi connectivity index (χ0) is 8.78. The molecule has 0 radical (unpaired) electrons. The van der Waals surface area contributed by atoms with Crippen molar-refractivity contribution in [1.82, 2.24) is 5.32 Å². The van der Waals surface area contributed by atoms with Gasteiger partial charge in [-0.2, -0.15) is 0 Å². The van der Waals surface area contributed by atoms with Crippen LogP contribution in [0.4, 0.5) is 4.79 Å². The average molecular weight is 173 g/mol. The normalized spacial score (nSPS) is 9.20. The molecule has 0 aliphatic rings. The van der Waals surface area contributed by atoms with Crippen LogP contribution in [0.15, 0.2) is 0 Å². The molecular formula is C2H8NO6P. The van der Waals surface area contributed by atoms with Crippen LogP contribution in [0.3, 0.4) is 0 Å². The fraction of sp³-hybridized carbons (Fsp3) is 0.500. The zero-order valence-corrected chi connectivity index (χ0v) is 5.95. The van der Waals surface area contributed by atoms with Crippen molar-refractivity contribution >= 4 is 13.9 Å². The lowest BCUT2D eigenvalue weighted by Gasteiger charge is -1.82. The van der Waals surface area contributed by atoms with Gasteiger partial charge in [0, 0.05) is 7.05 Å². The topological polar surface area (TPSA) is 127 Å². The van der Waals surface area contributed by atoms with Crippen molar-refractivity contribution in [2.45, 2.75) is 0 Å². The van der Waals surface area contributed by atoms with Crippen LogP contribution in [-0.4, -0.2) is 32.9 Å². The van der Waals surface area contributed by atoms with E-state index < -0.39 is 13.9 Å². The van der Waals surface area contributed by atoms with Crippen molar-refractivity contribution in [3.05, 3.63) is 0 Å². The van der Waals surface area contributed by atoms with E-state index in [0.29, 0.717) is 0 Å². The highest BCUT2D eigenvalue weighted by Gasteiger charge is 2.00. The summed E-state index contributed by atoms with van der Waals surface area (Å²) in [5.41, 5.74) is 0. The maximum absolute atomic E-state index is 9.26. The fourth-order valence-corrected chi connectivity index (χ4v) is 0. The van der Waals surface area contributed by atoms with Crippen molar-refractivity contribution in [3.63, 3.8) is 0 Å². The highest BCUT2D eigenvalue weighted by molar-refractivity contribution is 7.45. The molecule has 0 aromatic heterocycles. The third-order valence-corrected chi connectivity index (χ3v) is 0.214. The summed E-state index contributed by atoms with van der Waals surface area (Å²) in [5, 5.41) is 9.56. The van der Waals surface area contributed by atoms with Crippen LogP contribution in [0.25, 0.3) is 0 Å². The summed E-state index contributed by atoms with van der Waals surface area (Å²) in [7, 11) is -3.29. The van der Waals surface area contributed by atoms with Gasteiger partial charge in [-0.15, -0.1) is 0 Å². The summed E-state index contributed by atoms with van der Waals surface area (Å²) in [6.07, 6.45) is -0.995. The minimum atomic E-state index is -4.64. The summed E-state index contributed by atoms with van der Waals surface area (Å²) in [5.74, 6) is 0. The van der Waals surface area contributed by atoms with Crippen LogP contribution in [0.2, 0.25) is 0 Å². The third-order valence-electron chi connectivity index (χ3n) is 0.214. The molecule has 0 spiro atoms. The van der Waals surface area contributed by atoms with Crippen LogP contribution in [-0.2, 0) is 4.57 Å². The predicted molar refractivity (Wildman–Crippen MR) is 31.3 cm³/mol. The molecule has 10 heavy (non-hydrogen) atoms. The van der Waals surface area contributed by atoms with Gasteiger partial charge >= 0.3 is 13.9 Å². The van der Waals surface area contributed by atoms with Crippen molar-refractivity contribution in [2.75, 3.05) is 7.05 Å². The lowest BCUT2D eigenvalue weighted by molar-refractivity contribution is 0.197. The molecule has 0 atom stereocenters. The molecule has 0 aliphatic carbocycles. The molecule has 0 heterocycles. The Kier molecular flexibility index (Phi) is 6.27. The van der Waals surface area contributed by atoms with E-state index in [1.54, 1.807) is 0 Å². The molecule has 62 valence electrons. The standard InChI is InChI=1S/C2H5NO2.H3O4P/c1-3-2(4)5;1-5(2,3)4/h3H,1H3,(H,4,5);(H3,1,2,3,4). The van der Waals surface area contributed by atoms with E-state index in [0.717, 1.165) is 0 Å². The summed E-state index contributed by atoms with van der Waals surface area (Å²) < 4.78 is 8.88. The summed E-state index contributed by atoms with van der Waals surface area (Å²) in [6.45, 7) is 0. The molecule has 0 saturated heterocycles. The predicted octanol–water partition coefficient (Wildman–Crippen LogP) is -1.04. The fourth-order valence-electron chi connectivity index (χ4n) is 0. The SMILES string of the molecule is CNC(=O)O.O=P(O)(O)O. The molecule has 0 saturated carbocycles. The number of phosphoric acid groups is 1. The maximum atomic E-state index is 9.26. The first-order chi connectivity index (χ1) is 4.27. The average Bonchev–Trinajstić information content (AvgIpc) is 1.61. The highest BCUT2D eigenvalue weighted by atomic mass is 31.2. The first-order valence-electron chi connectivity index (χ1n) is 1.96. The molecular weight excluding hydrogens is 165 g/mol. The van der Waals surface area contributed by atoms with Gasteiger partial charge in [-0.1, -0.05) is 0 Å². The maximum Gasteiger partial charge on any atom is 0.466 e. The molecule has 0 bridgehead atoms. The van der Waals surface area contributed by atoms with Crippen molar-refractivity contribution in [1.29, 1.82) is 0 Å². The molecule has 0 unspecified atom stereocenters. The lowest BCUT2D eigenvalue weighted by Crippen LogP contribution is -2.13. The Morgan fingerprint density at radius 1 is 1.40 bits per heavy atom. The molecule has 5 N–H and O–H groups in total. The smallest absolute Gasteiger partial charge is 0.465 e. The van der Waals surface area contributed by atoms with Gasteiger partial charge in [0.05, 0.1) is 0 Å². The second-order valence-electron chi connectivity index (χ2n) is 1.07. The van der Waals surface area contributed by atoms with Gasteiger partial charge in [0.1, 0.15) is 0 Å². The van der Waals surface area contributed by atoms with Crippen LogP contribution < -0.4 is 5.32 Å². The monoisotopic (exact) mass is 173 g/mol. The van der Waals surface area contributed by atoms with E-state index in [-0.39, 0.29) is 0 Å². The Morgan fingerprint density at radius 2 is 1.50 bits per heavy atom. The zero-order valence-electron chi connectivity index (χ0n) is 5.05. The number of carbonyl (C=O) groups is 1. The molecule has 0 aromatic rings. The van der Waals surface area contributed by atoms with E-state index in [1.165, 1.54) is 7.05 Å². The van der Waals surface area contributed by atoms with Gasteiger partial charge in [-0.3, -0.25) is 0 Å². The summed E-state index contributed by atoms with van der Waals surface area (Å²) in [6, 6.07) is 0. The van der Waals surface area contributed by atoms with Gasteiger partial charge in [0.15, 0.2) is 0 Å². The summed E-state index contributed by atoms with van der Waals surface area (Å²) in [4.78, 5) is 30.8. The van der Waals surface area contributed by atoms with Crippen LogP contribution in [0.5, 0.6) is 0 Å². The third kappa shape index (κ3) is 158. The summed E-state index contributed by atoms with van der Waals surface area (Å²) >= 11 is 0. The van der Waals surface area contributed by atoms with Gasteiger partial charge in [-0.05, 0) is 0 Å². The molecule has 0 rings (SSSR count). The van der Waals surface area contributed by atoms with Crippen LogP contribution in [0.1, 0.15) is 0 Å². The van der Waals surface area contributed by atoms with Gasteiger partial charge in [-0.25, -0.2) is 9.36 Å². The minimum Gasteiger partial charge on any atom is -0.465 e. The Hall–Kier alpha value is -0.620. The van der Waals surface area contributed by atoms with Crippen LogP contribution >= 0.6 is 7.82 Å². The Labute approximate surface area is 56.5 Å². The highest BCUT2D eigenvalue weighted by Crippen LogP contribution is 2.25. The Balaban J connectivity index is 0. The lowest BCUT2D eigenvalue weighted by atomic mass is 11.1. The Morgan fingerprint density at radius 3 is 1.50 bits per heavy atom. The largest absolute Gasteiger partial charge is 0.466 e. The van der Waals surface area contributed by atoms with Gasteiger partial charge in [0.25, 0.3) is 0 Å². The van der Waals surface area contributed by atoms with E-state index in [9.17, 15) is 4.79 Å². The molecule has 0 aliphatic heterocycles. The van der Waals surface area contributed by atoms with Crippen molar-refractivity contribution in [2.24, 2.45) is 0 Å². The van der Waals surface area contributed by atoms with E-state index in [1.807, 2.05) is 5.32 Å². The molecule has 0 aromatic carbocycles. The van der Waals surface area contributed by atoms with E-state index in [4.69, 9.17) is 24.4 Å². The number of amides is 1. The van der Waals surface area contributed by atoms with Gasteiger partial charge < -0.3 is 25.1 Å². The van der Waals surface area contributed by atoms with Crippen LogP contribution in [0, 0.1) is 0 Å². The Bertz CT molecular complexity index is 130. The first-order valence-corrected chi connectivity index (χ1v) is 3.53. The molecule has 7 nitrogen and oxygen atoms in total. The molecule has 1 amide bonds. The number of nitrogens with one attached hydrogen (secondary N) is 1. The van der Waals surface area contributed by atoms with Crippen molar-refractivity contribution < 1.29 is 29.1 Å². The number of hydrogen-bond acceptors (Lipinski definition) is 2. The van der Waals surface area contributed by atoms with E-state index >= 15 is 0 Å². The number of rotatable bonds is 0. The van der Waals surface area contributed by atoms with E-state index in [2.05, 4.69) is 0 Å². The number of carboxylic acid groups (broad SMARTS) is 1. The quantitative estimate of drug-likeness (QED) is 0.297. The van der Waals surface area contributed by atoms with Gasteiger partial charge in [0.2, 0.25) is 0 Å².